The summed E-state index contributed by atoms with van der Waals surface area (Å²) >= 11 is 0. The van der Waals surface area contributed by atoms with Gasteiger partial charge in [-0.2, -0.15) is 15.5 Å². The van der Waals surface area contributed by atoms with E-state index in [0.717, 1.165) is 72.4 Å². The second-order valence-corrected chi connectivity index (χ2v) is 9.75. The molecule has 1 atom stereocenters. The molecule has 6 heterocycles. The third kappa shape index (κ3) is 4.54. The first-order chi connectivity index (χ1) is 18.1. The van der Waals surface area contributed by atoms with E-state index in [9.17, 15) is 10.1 Å². The smallest absolute Gasteiger partial charge is 0.249 e. The number of H-pyrrole nitrogens is 1. The normalized spacial score (nSPS) is 18.3. The number of aromatic amines is 1. The second-order valence-electron chi connectivity index (χ2n) is 9.75. The van der Waals surface area contributed by atoms with Crippen molar-refractivity contribution in [3.63, 3.8) is 0 Å². The molecule has 10 heteroatoms. The van der Waals surface area contributed by atoms with E-state index >= 15 is 0 Å². The molecule has 2 fully saturated rings. The van der Waals surface area contributed by atoms with Crippen molar-refractivity contribution in [1.29, 1.82) is 5.26 Å². The number of nitriles is 1. The molecule has 2 aliphatic heterocycles. The Bertz CT molecular complexity index is 1470. The lowest BCUT2D eigenvalue weighted by Crippen LogP contribution is -2.47. The van der Waals surface area contributed by atoms with Crippen LogP contribution in [0.1, 0.15) is 31.2 Å². The molecule has 1 amide bonds. The molecule has 37 heavy (non-hydrogen) atoms. The zero-order chi connectivity index (χ0) is 25.4. The van der Waals surface area contributed by atoms with E-state index in [2.05, 4.69) is 38.6 Å². The van der Waals surface area contributed by atoms with Crippen LogP contribution >= 0.6 is 0 Å². The van der Waals surface area contributed by atoms with Crippen LogP contribution < -0.4 is 14.9 Å². The molecule has 188 valence electrons. The summed E-state index contributed by atoms with van der Waals surface area (Å²) in [6, 6.07) is 8.60. The van der Waals surface area contributed by atoms with Crippen LogP contribution in [0.4, 0.5) is 5.82 Å². The minimum absolute atomic E-state index is 0.0250. The van der Waals surface area contributed by atoms with E-state index in [1.807, 2.05) is 42.6 Å². The van der Waals surface area contributed by atoms with Crippen molar-refractivity contribution in [3.05, 3.63) is 54.7 Å². The number of aryl methyl sites for hydroxylation is 1. The Morgan fingerprint density at radius 3 is 2.76 bits per heavy atom. The van der Waals surface area contributed by atoms with Gasteiger partial charge in [-0.3, -0.25) is 4.79 Å². The number of piperidine rings is 1. The molecular weight excluding hydrogens is 468 g/mol. The van der Waals surface area contributed by atoms with Crippen LogP contribution in [0.3, 0.4) is 0 Å². The molecule has 2 aliphatic rings. The standard InChI is InChI=1S/C27H28N8O2/c1-33-16-21(15-30-33)19-11-23(26-20(12-28)14-31-35(26)17-19)18-4-5-25(29-13-18)34-8-6-22(7-9-34)32-27(36)24-3-2-10-37-24/h4-5,11,13-17,22,24H,2-3,6-10H2,1H3,(H,32,36)/p+1/t24-/m0/s1. The fourth-order valence-corrected chi connectivity index (χ4v) is 5.26. The fraction of sp³-hybridized carbons (Fsp3) is 0.370. The number of carbonyl (C=O) groups excluding carboxylic acids is 1. The number of nitrogens with one attached hydrogen (secondary N) is 2. The minimum atomic E-state index is -0.283. The van der Waals surface area contributed by atoms with Gasteiger partial charge >= 0.3 is 0 Å². The van der Waals surface area contributed by atoms with Gasteiger partial charge in [0.05, 0.1) is 29.0 Å². The zero-order valence-corrected chi connectivity index (χ0v) is 20.7. The molecule has 2 N–H and O–H groups in total. The van der Waals surface area contributed by atoms with Crippen molar-refractivity contribution < 1.29 is 14.2 Å². The maximum atomic E-state index is 12.4. The fourth-order valence-electron chi connectivity index (χ4n) is 5.26. The van der Waals surface area contributed by atoms with Crippen LogP contribution in [0, 0.1) is 11.3 Å². The monoisotopic (exact) mass is 497 g/mol. The van der Waals surface area contributed by atoms with E-state index in [1.54, 1.807) is 10.7 Å². The Hall–Kier alpha value is -4.23. The van der Waals surface area contributed by atoms with Crippen LogP contribution in [-0.4, -0.2) is 57.4 Å². The highest BCUT2D eigenvalue weighted by Crippen LogP contribution is 2.32. The third-order valence-corrected chi connectivity index (χ3v) is 7.27. The number of ether oxygens (including phenoxy) is 1. The molecule has 0 bridgehead atoms. The Labute approximate surface area is 214 Å². The van der Waals surface area contributed by atoms with Crippen molar-refractivity contribution in [2.24, 2.45) is 7.05 Å². The highest BCUT2D eigenvalue weighted by atomic mass is 16.5. The van der Waals surface area contributed by atoms with Gasteiger partial charge in [0.15, 0.2) is 7.05 Å². The summed E-state index contributed by atoms with van der Waals surface area (Å²) in [5.41, 5.74) is 5.14. The van der Waals surface area contributed by atoms with Gasteiger partial charge in [-0.25, -0.2) is 9.50 Å². The quantitative estimate of drug-likeness (QED) is 0.409. The SMILES string of the molecule is C[n+]1cc(-c2cc(-c3ccc(N4CCC(NC(=O)[C@@H]5CCCO5)CC4)nc3)c3c(C#N)cnn3c2)c[nH]1. The first-order valence-corrected chi connectivity index (χ1v) is 12.7. The van der Waals surface area contributed by atoms with Crippen LogP contribution in [-0.2, 0) is 16.6 Å². The molecular formula is C27H29N8O2+. The Morgan fingerprint density at radius 1 is 1.22 bits per heavy atom. The van der Waals surface area contributed by atoms with E-state index in [1.165, 1.54) is 0 Å². The number of hydrogen-bond acceptors (Lipinski definition) is 6. The molecule has 0 radical (unpaired) electrons. The number of hydrogen-bond donors (Lipinski definition) is 2. The molecule has 0 spiro atoms. The number of carbonyl (C=O) groups is 1. The number of fused-ring (bicyclic) bond motifs is 1. The lowest BCUT2D eigenvalue weighted by Gasteiger charge is -2.33. The largest absolute Gasteiger partial charge is 0.368 e. The van der Waals surface area contributed by atoms with E-state index < -0.39 is 0 Å². The van der Waals surface area contributed by atoms with Crippen molar-refractivity contribution in [1.82, 2.24) is 25.0 Å². The van der Waals surface area contributed by atoms with Crippen molar-refractivity contribution >= 4 is 17.2 Å². The van der Waals surface area contributed by atoms with Crippen molar-refractivity contribution in [2.75, 3.05) is 24.6 Å². The first-order valence-electron chi connectivity index (χ1n) is 12.7. The van der Waals surface area contributed by atoms with E-state index in [0.29, 0.717) is 12.2 Å². The molecule has 0 saturated carbocycles. The molecule has 0 aromatic carbocycles. The average Bonchev–Trinajstić information content (AvgIpc) is 3.70. The molecule has 0 unspecified atom stereocenters. The maximum absolute atomic E-state index is 12.4. The topological polar surface area (TPSA) is 115 Å². The van der Waals surface area contributed by atoms with Gasteiger partial charge < -0.3 is 15.0 Å². The van der Waals surface area contributed by atoms with E-state index in [4.69, 9.17) is 9.72 Å². The van der Waals surface area contributed by atoms with Gasteiger partial charge in [-0.1, -0.05) is 0 Å². The van der Waals surface area contributed by atoms with Crippen LogP contribution in [0.15, 0.2) is 49.2 Å². The maximum Gasteiger partial charge on any atom is 0.249 e. The minimum Gasteiger partial charge on any atom is -0.368 e. The van der Waals surface area contributed by atoms with Crippen molar-refractivity contribution in [2.45, 2.75) is 37.8 Å². The summed E-state index contributed by atoms with van der Waals surface area (Å²) < 4.78 is 9.15. The molecule has 4 aromatic heterocycles. The highest BCUT2D eigenvalue weighted by molar-refractivity contribution is 5.87. The third-order valence-electron chi connectivity index (χ3n) is 7.27. The number of nitrogens with zero attached hydrogens (tertiary/aromatic N) is 6. The number of aromatic nitrogens is 5. The Kier molecular flexibility index (Phi) is 6.06. The van der Waals surface area contributed by atoms with E-state index in [-0.39, 0.29) is 18.1 Å². The first kappa shape index (κ1) is 23.2. The van der Waals surface area contributed by atoms with Crippen LogP contribution in [0.2, 0.25) is 0 Å². The second kappa shape index (κ2) is 9.67. The molecule has 0 aliphatic carbocycles. The lowest BCUT2D eigenvalue weighted by atomic mass is 10.0. The summed E-state index contributed by atoms with van der Waals surface area (Å²) in [5.74, 6) is 0.934. The van der Waals surface area contributed by atoms with Gasteiger partial charge in [-0.05, 0) is 43.9 Å². The number of amides is 1. The lowest BCUT2D eigenvalue weighted by molar-refractivity contribution is -0.726. The Morgan fingerprint density at radius 2 is 2.08 bits per heavy atom. The predicted octanol–water partition coefficient (Wildman–Crippen LogP) is 2.35. The number of pyridine rings is 2. The van der Waals surface area contributed by atoms with Crippen molar-refractivity contribution in [3.8, 4) is 28.3 Å². The summed E-state index contributed by atoms with van der Waals surface area (Å²) in [7, 11) is 1.94. The summed E-state index contributed by atoms with van der Waals surface area (Å²) in [5, 5.41) is 20.4. The molecule has 4 aromatic rings. The van der Waals surface area contributed by atoms with Crippen LogP contribution in [0.25, 0.3) is 27.8 Å². The summed E-state index contributed by atoms with van der Waals surface area (Å²) in [6.45, 7) is 2.33. The number of rotatable bonds is 5. The predicted molar refractivity (Wildman–Crippen MR) is 136 cm³/mol. The van der Waals surface area contributed by atoms with Gasteiger partial charge in [0.25, 0.3) is 0 Å². The van der Waals surface area contributed by atoms with Gasteiger partial charge in [0, 0.05) is 54.8 Å². The Balaban J connectivity index is 1.21. The van der Waals surface area contributed by atoms with Gasteiger partial charge in [-0.15, -0.1) is 4.68 Å². The summed E-state index contributed by atoms with van der Waals surface area (Å²) in [6.07, 6.45) is 12.6. The molecule has 6 rings (SSSR count). The molecule has 10 nitrogen and oxygen atoms in total. The highest BCUT2D eigenvalue weighted by Gasteiger charge is 2.28. The summed E-state index contributed by atoms with van der Waals surface area (Å²) in [4.78, 5) is 19.4. The average molecular weight is 498 g/mol. The van der Waals surface area contributed by atoms with Gasteiger partial charge in [0.2, 0.25) is 12.1 Å². The molecule has 2 saturated heterocycles. The number of anilines is 1. The van der Waals surface area contributed by atoms with Gasteiger partial charge in [0.1, 0.15) is 18.0 Å². The van der Waals surface area contributed by atoms with Crippen LogP contribution in [0.5, 0.6) is 0 Å². The zero-order valence-electron chi connectivity index (χ0n) is 20.7.